The fraction of sp³-hybridized carbons (Fsp3) is 0.200. The maximum atomic E-state index is 5.88. The third kappa shape index (κ3) is 5.06. The van der Waals surface area contributed by atoms with Crippen LogP contribution in [0.2, 0.25) is 0 Å². The van der Waals surface area contributed by atoms with Crippen molar-refractivity contribution in [2.24, 2.45) is 10.7 Å². The molecule has 3 N–H and O–H groups in total. The summed E-state index contributed by atoms with van der Waals surface area (Å²) in [7, 11) is 3.19. The lowest BCUT2D eigenvalue weighted by Crippen LogP contribution is -2.23. The molecule has 6 nitrogen and oxygen atoms in total. The van der Waals surface area contributed by atoms with Crippen molar-refractivity contribution in [2.75, 3.05) is 19.5 Å². The van der Waals surface area contributed by atoms with Crippen LogP contribution in [0.5, 0.6) is 11.5 Å². The summed E-state index contributed by atoms with van der Waals surface area (Å²) >= 11 is 0. The fourth-order valence-corrected chi connectivity index (χ4v) is 1.75. The highest BCUT2D eigenvalue weighted by atomic mass is 127. The molecule has 7 heteroatoms. The first-order valence-electron chi connectivity index (χ1n) is 6.42. The molecule has 2 rings (SSSR count). The summed E-state index contributed by atoms with van der Waals surface area (Å²) < 4.78 is 10.4. The predicted octanol–water partition coefficient (Wildman–Crippen LogP) is 2.64. The van der Waals surface area contributed by atoms with E-state index < -0.39 is 0 Å². The quantitative estimate of drug-likeness (QED) is 0.447. The lowest BCUT2D eigenvalue weighted by molar-refractivity contribution is 0.405. The molecule has 0 saturated heterocycles. The second kappa shape index (κ2) is 9.08. The maximum Gasteiger partial charge on any atom is 0.193 e. The number of methoxy groups -OCH3 is 2. The Hall–Kier alpha value is -2.03. The van der Waals surface area contributed by atoms with Gasteiger partial charge in [-0.25, -0.2) is 4.99 Å². The van der Waals surface area contributed by atoms with Crippen LogP contribution in [0.15, 0.2) is 47.6 Å². The van der Waals surface area contributed by atoms with Crippen molar-refractivity contribution >= 4 is 35.6 Å². The van der Waals surface area contributed by atoms with E-state index >= 15 is 0 Å². The molecule has 0 aliphatic rings. The van der Waals surface area contributed by atoms with Gasteiger partial charge in [0.15, 0.2) is 5.96 Å². The Balaban J connectivity index is 0.00000242. The van der Waals surface area contributed by atoms with Crippen LogP contribution >= 0.6 is 24.0 Å². The van der Waals surface area contributed by atoms with E-state index in [-0.39, 0.29) is 29.9 Å². The first kappa shape index (κ1) is 18.0. The number of aliphatic imine (C=N–C) groups is 1. The minimum absolute atomic E-state index is 0. The molecule has 0 spiro atoms. The second-order valence-electron chi connectivity index (χ2n) is 4.21. The molecular weight excluding hydrogens is 395 g/mol. The minimum atomic E-state index is 0. The van der Waals surface area contributed by atoms with Gasteiger partial charge in [0.25, 0.3) is 0 Å². The van der Waals surface area contributed by atoms with Crippen LogP contribution in [0.4, 0.5) is 5.69 Å². The lowest BCUT2D eigenvalue weighted by Gasteiger charge is -2.12. The number of guanidine groups is 1. The van der Waals surface area contributed by atoms with Gasteiger partial charge in [-0.2, -0.15) is 0 Å². The minimum Gasteiger partial charge on any atom is -0.497 e. The summed E-state index contributed by atoms with van der Waals surface area (Å²) in [6.45, 7) is 0.409. The third-order valence-corrected chi connectivity index (χ3v) is 2.81. The highest BCUT2D eigenvalue weighted by molar-refractivity contribution is 14.0. The lowest BCUT2D eigenvalue weighted by atomic mass is 10.2. The maximum absolute atomic E-state index is 5.88. The Bertz CT molecular complexity index is 620. The van der Waals surface area contributed by atoms with Gasteiger partial charge in [-0.15, -0.1) is 24.0 Å². The molecule has 0 atom stereocenters. The number of nitrogens with two attached hydrogens (primary N) is 1. The summed E-state index contributed by atoms with van der Waals surface area (Å²) in [4.78, 5) is 8.43. The van der Waals surface area contributed by atoms with Crippen LogP contribution in [0.25, 0.3) is 0 Å². The second-order valence-corrected chi connectivity index (χ2v) is 4.21. The highest BCUT2D eigenvalue weighted by Gasteiger charge is 2.06. The Labute approximate surface area is 146 Å². The SMILES string of the molecule is COc1ccc(OC)c(NC(N)=NCc2ccccn2)c1.I. The molecule has 118 valence electrons. The predicted molar refractivity (Wildman–Crippen MR) is 98.1 cm³/mol. The molecule has 22 heavy (non-hydrogen) atoms. The number of aromatic nitrogens is 1. The molecule has 1 aromatic heterocycles. The molecule has 0 amide bonds. The molecule has 0 aliphatic carbocycles. The van der Waals surface area contributed by atoms with Gasteiger partial charge in [0, 0.05) is 12.3 Å². The zero-order valence-corrected chi connectivity index (χ0v) is 14.8. The summed E-state index contributed by atoms with van der Waals surface area (Å²) in [6, 6.07) is 11.1. The Morgan fingerprint density at radius 3 is 2.68 bits per heavy atom. The number of ether oxygens (including phenoxy) is 2. The molecule has 1 heterocycles. The van der Waals surface area contributed by atoms with Gasteiger partial charge in [0.1, 0.15) is 11.5 Å². The van der Waals surface area contributed by atoms with E-state index in [1.165, 1.54) is 0 Å². The van der Waals surface area contributed by atoms with Gasteiger partial charge in [-0.05, 0) is 24.3 Å². The van der Waals surface area contributed by atoms with Gasteiger partial charge < -0.3 is 20.5 Å². The Morgan fingerprint density at radius 1 is 1.23 bits per heavy atom. The van der Waals surface area contributed by atoms with Gasteiger partial charge in [-0.3, -0.25) is 4.98 Å². The summed E-state index contributed by atoms with van der Waals surface area (Å²) in [5.41, 5.74) is 7.42. The van der Waals surface area contributed by atoms with Crippen molar-refractivity contribution in [3.05, 3.63) is 48.3 Å². The van der Waals surface area contributed by atoms with Crippen LogP contribution in [0.3, 0.4) is 0 Å². The number of hydrogen-bond acceptors (Lipinski definition) is 4. The van der Waals surface area contributed by atoms with Crippen molar-refractivity contribution in [3.63, 3.8) is 0 Å². The van der Waals surface area contributed by atoms with E-state index in [2.05, 4.69) is 15.3 Å². The molecular formula is C15H19IN4O2. The van der Waals surface area contributed by atoms with E-state index in [1.807, 2.05) is 24.3 Å². The third-order valence-electron chi connectivity index (χ3n) is 2.81. The normalized spacial score (nSPS) is 10.5. The molecule has 0 fully saturated rings. The summed E-state index contributed by atoms with van der Waals surface area (Å²) in [6.07, 6.45) is 1.72. The zero-order valence-electron chi connectivity index (χ0n) is 12.4. The molecule has 0 aliphatic heterocycles. The molecule has 0 bridgehead atoms. The number of benzene rings is 1. The highest BCUT2D eigenvalue weighted by Crippen LogP contribution is 2.28. The Morgan fingerprint density at radius 2 is 2.05 bits per heavy atom. The topological polar surface area (TPSA) is 81.8 Å². The number of rotatable bonds is 5. The van der Waals surface area contributed by atoms with Crippen LogP contribution in [-0.4, -0.2) is 25.2 Å². The smallest absolute Gasteiger partial charge is 0.193 e. The van der Waals surface area contributed by atoms with Crippen molar-refractivity contribution in [3.8, 4) is 11.5 Å². The number of nitrogens with one attached hydrogen (secondary N) is 1. The van der Waals surface area contributed by atoms with Gasteiger partial charge in [0.05, 0.1) is 32.1 Å². The number of hydrogen-bond donors (Lipinski definition) is 2. The van der Waals surface area contributed by atoms with E-state index in [4.69, 9.17) is 15.2 Å². The molecule has 1 aromatic carbocycles. The van der Waals surface area contributed by atoms with E-state index in [9.17, 15) is 0 Å². The number of anilines is 1. The van der Waals surface area contributed by atoms with Crippen molar-refractivity contribution in [1.29, 1.82) is 0 Å². The standard InChI is InChI=1S/C15H18N4O2.HI/c1-20-12-6-7-14(21-2)13(9-12)19-15(16)18-10-11-5-3-4-8-17-11;/h3-9H,10H2,1-2H3,(H3,16,18,19);1H. The monoisotopic (exact) mass is 414 g/mol. The van der Waals surface area contributed by atoms with Gasteiger partial charge in [-0.1, -0.05) is 6.07 Å². The van der Waals surface area contributed by atoms with Crippen LogP contribution in [-0.2, 0) is 6.54 Å². The summed E-state index contributed by atoms with van der Waals surface area (Å²) in [5.74, 6) is 1.65. The number of halogens is 1. The Kier molecular flexibility index (Phi) is 7.44. The average molecular weight is 414 g/mol. The van der Waals surface area contributed by atoms with E-state index in [0.717, 1.165) is 5.69 Å². The first-order valence-corrected chi connectivity index (χ1v) is 6.42. The molecule has 0 radical (unpaired) electrons. The van der Waals surface area contributed by atoms with Crippen molar-refractivity contribution in [1.82, 2.24) is 4.98 Å². The fourth-order valence-electron chi connectivity index (χ4n) is 1.75. The van der Waals surface area contributed by atoms with E-state index in [0.29, 0.717) is 23.7 Å². The molecule has 0 unspecified atom stereocenters. The van der Waals surface area contributed by atoms with Gasteiger partial charge >= 0.3 is 0 Å². The van der Waals surface area contributed by atoms with Crippen LogP contribution in [0.1, 0.15) is 5.69 Å². The van der Waals surface area contributed by atoms with Crippen molar-refractivity contribution < 1.29 is 9.47 Å². The number of pyridine rings is 1. The zero-order chi connectivity index (χ0) is 15.1. The van der Waals surface area contributed by atoms with Crippen LogP contribution in [0, 0.1) is 0 Å². The van der Waals surface area contributed by atoms with Crippen LogP contribution < -0.4 is 20.5 Å². The summed E-state index contributed by atoms with van der Waals surface area (Å²) in [5, 5.41) is 3.00. The van der Waals surface area contributed by atoms with Crippen molar-refractivity contribution in [2.45, 2.75) is 6.54 Å². The molecule has 0 saturated carbocycles. The molecule has 2 aromatic rings. The number of nitrogens with zero attached hydrogens (tertiary/aromatic N) is 2. The average Bonchev–Trinajstić information content (AvgIpc) is 2.54. The first-order chi connectivity index (χ1) is 10.2. The van der Waals surface area contributed by atoms with E-state index in [1.54, 1.807) is 32.5 Å². The largest absolute Gasteiger partial charge is 0.497 e. The van der Waals surface area contributed by atoms with Gasteiger partial charge in [0.2, 0.25) is 0 Å².